The zero-order chi connectivity index (χ0) is 17.9. The van der Waals surface area contributed by atoms with Crippen LogP contribution >= 0.6 is 0 Å². The molecule has 1 heterocycles. The van der Waals surface area contributed by atoms with Crippen molar-refractivity contribution in [2.75, 3.05) is 40.4 Å². The number of aromatic nitrogens is 1. The first-order valence-corrected chi connectivity index (χ1v) is 8.02. The molecule has 1 aromatic carbocycles. The van der Waals surface area contributed by atoms with E-state index >= 15 is 0 Å². The van der Waals surface area contributed by atoms with Crippen LogP contribution in [0.2, 0.25) is 0 Å². The van der Waals surface area contributed by atoms with Crippen molar-refractivity contribution in [2.45, 2.75) is 0 Å². The predicted molar refractivity (Wildman–Crippen MR) is 95.6 cm³/mol. The van der Waals surface area contributed by atoms with Crippen molar-refractivity contribution in [3.05, 3.63) is 54.6 Å². The largest absolute Gasteiger partial charge is 0.492 e. The summed E-state index contributed by atoms with van der Waals surface area (Å²) in [5.41, 5.74) is 0. The Morgan fingerprint density at radius 3 is 2.60 bits per heavy atom. The number of pyridine rings is 1. The first-order chi connectivity index (χ1) is 12.2. The van der Waals surface area contributed by atoms with Gasteiger partial charge < -0.3 is 19.7 Å². The number of benzene rings is 1. The summed E-state index contributed by atoms with van der Waals surface area (Å²) in [5, 5.41) is 3.22. The van der Waals surface area contributed by atoms with Crippen LogP contribution in [-0.4, -0.2) is 56.2 Å². The van der Waals surface area contributed by atoms with E-state index in [0.29, 0.717) is 32.1 Å². The molecular weight excluding hydrogens is 323 g/mol. The number of hydrogen-bond acceptors (Lipinski definition) is 4. The highest BCUT2D eigenvalue weighted by atomic mass is 19.1. The van der Waals surface area contributed by atoms with Gasteiger partial charge in [-0.1, -0.05) is 0 Å². The fourth-order valence-electron chi connectivity index (χ4n) is 2.09. The fraction of sp³-hybridized carbons (Fsp3) is 0.333. The van der Waals surface area contributed by atoms with Gasteiger partial charge in [0.2, 0.25) is 0 Å². The van der Waals surface area contributed by atoms with Crippen LogP contribution in [0.1, 0.15) is 0 Å². The van der Waals surface area contributed by atoms with E-state index < -0.39 is 0 Å². The number of rotatable bonds is 8. The Bertz CT molecular complexity index is 650. The maximum atomic E-state index is 12.8. The Labute approximate surface area is 147 Å². The molecule has 0 aliphatic carbocycles. The standard InChI is InChI=1S/C18H23FN4O2/c1-20-18(22-10-12-24-17-4-3-9-21-14-17)23(2)11-13-25-16-7-5-15(19)6-8-16/h3-9,14H,10-13H2,1-2H3,(H,20,22). The van der Waals surface area contributed by atoms with Gasteiger partial charge in [-0.05, 0) is 36.4 Å². The van der Waals surface area contributed by atoms with Gasteiger partial charge in [0.15, 0.2) is 5.96 Å². The van der Waals surface area contributed by atoms with E-state index in [1.165, 1.54) is 12.1 Å². The Hall–Kier alpha value is -2.83. The Balaban J connectivity index is 1.66. The average molecular weight is 346 g/mol. The minimum absolute atomic E-state index is 0.275. The van der Waals surface area contributed by atoms with Crippen LogP contribution in [-0.2, 0) is 0 Å². The SMILES string of the molecule is CN=C(NCCOc1cccnc1)N(C)CCOc1ccc(F)cc1. The van der Waals surface area contributed by atoms with Crippen LogP contribution in [0.5, 0.6) is 11.5 Å². The Kier molecular flexibility index (Phi) is 7.49. The smallest absolute Gasteiger partial charge is 0.193 e. The zero-order valence-electron chi connectivity index (χ0n) is 14.5. The van der Waals surface area contributed by atoms with Gasteiger partial charge in [0.05, 0.1) is 19.3 Å². The van der Waals surface area contributed by atoms with Crippen molar-refractivity contribution in [3.63, 3.8) is 0 Å². The lowest BCUT2D eigenvalue weighted by atomic mass is 10.3. The molecule has 7 heteroatoms. The minimum Gasteiger partial charge on any atom is -0.492 e. The topological polar surface area (TPSA) is 59.0 Å². The molecule has 0 fully saturated rings. The molecule has 134 valence electrons. The van der Waals surface area contributed by atoms with Crippen LogP contribution in [0.15, 0.2) is 53.8 Å². The third-order valence-corrected chi connectivity index (χ3v) is 3.37. The second-order valence-electron chi connectivity index (χ2n) is 5.24. The molecule has 1 N–H and O–H groups in total. The van der Waals surface area contributed by atoms with Crippen molar-refractivity contribution < 1.29 is 13.9 Å². The minimum atomic E-state index is -0.275. The summed E-state index contributed by atoms with van der Waals surface area (Å²) in [4.78, 5) is 10.2. The molecule has 6 nitrogen and oxygen atoms in total. The summed E-state index contributed by atoms with van der Waals surface area (Å²) < 4.78 is 24.0. The molecule has 0 bridgehead atoms. The van der Waals surface area contributed by atoms with Gasteiger partial charge in [-0.25, -0.2) is 4.39 Å². The molecule has 0 amide bonds. The molecule has 25 heavy (non-hydrogen) atoms. The first kappa shape index (κ1) is 18.5. The second-order valence-corrected chi connectivity index (χ2v) is 5.24. The predicted octanol–water partition coefficient (Wildman–Crippen LogP) is 2.19. The number of ether oxygens (including phenoxy) is 2. The van der Waals surface area contributed by atoms with Gasteiger partial charge in [-0.2, -0.15) is 0 Å². The maximum Gasteiger partial charge on any atom is 0.193 e. The summed E-state index contributed by atoms with van der Waals surface area (Å²) >= 11 is 0. The summed E-state index contributed by atoms with van der Waals surface area (Å²) in [6.07, 6.45) is 3.38. The molecule has 0 spiro atoms. The molecule has 1 aromatic heterocycles. The fourth-order valence-corrected chi connectivity index (χ4v) is 2.09. The lowest BCUT2D eigenvalue weighted by Gasteiger charge is -2.22. The summed E-state index contributed by atoms with van der Waals surface area (Å²) in [6.45, 7) is 2.23. The quantitative estimate of drug-likeness (QED) is 0.451. The molecule has 0 radical (unpaired) electrons. The maximum absolute atomic E-state index is 12.8. The summed E-state index contributed by atoms with van der Waals surface area (Å²) in [5.74, 6) is 1.85. The van der Waals surface area contributed by atoms with E-state index in [1.54, 1.807) is 31.6 Å². The third kappa shape index (κ3) is 6.66. The molecular formula is C18H23FN4O2. The Morgan fingerprint density at radius 1 is 1.16 bits per heavy atom. The van der Waals surface area contributed by atoms with Crippen LogP contribution < -0.4 is 14.8 Å². The van der Waals surface area contributed by atoms with E-state index in [1.807, 2.05) is 24.1 Å². The molecule has 0 atom stereocenters. The Morgan fingerprint density at radius 2 is 1.92 bits per heavy atom. The van der Waals surface area contributed by atoms with E-state index in [0.717, 1.165) is 11.7 Å². The van der Waals surface area contributed by atoms with Gasteiger partial charge in [0, 0.05) is 20.3 Å². The van der Waals surface area contributed by atoms with E-state index in [4.69, 9.17) is 9.47 Å². The lowest BCUT2D eigenvalue weighted by Crippen LogP contribution is -2.42. The summed E-state index contributed by atoms with van der Waals surface area (Å²) in [7, 11) is 3.65. The van der Waals surface area contributed by atoms with Crippen molar-refractivity contribution in [1.82, 2.24) is 15.2 Å². The highest BCUT2D eigenvalue weighted by Crippen LogP contribution is 2.10. The normalized spacial score (nSPS) is 11.1. The molecule has 2 rings (SSSR count). The second kappa shape index (κ2) is 10.1. The number of hydrogen-bond donors (Lipinski definition) is 1. The van der Waals surface area contributed by atoms with Crippen LogP contribution in [0.4, 0.5) is 4.39 Å². The number of nitrogens with one attached hydrogen (secondary N) is 1. The van der Waals surface area contributed by atoms with E-state index in [9.17, 15) is 4.39 Å². The van der Waals surface area contributed by atoms with E-state index in [-0.39, 0.29) is 5.82 Å². The van der Waals surface area contributed by atoms with Gasteiger partial charge >= 0.3 is 0 Å². The van der Waals surface area contributed by atoms with Crippen LogP contribution in [0.25, 0.3) is 0 Å². The third-order valence-electron chi connectivity index (χ3n) is 3.37. The molecule has 0 aliphatic heterocycles. The van der Waals surface area contributed by atoms with Crippen molar-refractivity contribution in [2.24, 2.45) is 4.99 Å². The lowest BCUT2D eigenvalue weighted by molar-refractivity contribution is 0.278. The number of nitrogens with zero attached hydrogens (tertiary/aromatic N) is 3. The molecule has 0 saturated heterocycles. The number of halogens is 1. The zero-order valence-corrected chi connectivity index (χ0v) is 14.5. The average Bonchev–Trinajstić information content (AvgIpc) is 2.64. The van der Waals surface area contributed by atoms with Gasteiger partial charge in [0.25, 0.3) is 0 Å². The van der Waals surface area contributed by atoms with Crippen LogP contribution in [0, 0.1) is 5.82 Å². The van der Waals surface area contributed by atoms with Crippen molar-refractivity contribution in [3.8, 4) is 11.5 Å². The number of guanidine groups is 1. The molecule has 0 aliphatic rings. The van der Waals surface area contributed by atoms with Gasteiger partial charge in [-0.15, -0.1) is 0 Å². The highest BCUT2D eigenvalue weighted by molar-refractivity contribution is 5.79. The van der Waals surface area contributed by atoms with Gasteiger partial charge in [0.1, 0.15) is 30.5 Å². The van der Waals surface area contributed by atoms with Crippen LogP contribution in [0.3, 0.4) is 0 Å². The van der Waals surface area contributed by atoms with E-state index in [2.05, 4.69) is 15.3 Å². The monoisotopic (exact) mass is 346 g/mol. The molecule has 0 saturated carbocycles. The van der Waals surface area contributed by atoms with Crippen molar-refractivity contribution >= 4 is 5.96 Å². The van der Waals surface area contributed by atoms with Gasteiger partial charge in [-0.3, -0.25) is 9.98 Å². The molecule has 0 unspecified atom stereocenters. The number of aliphatic imine (C=N–C) groups is 1. The highest BCUT2D eigenvalue weighted by Gasteiger charge is 2.05. The molecule has 2 aromatic rings. The number of likely N-dealkylation sites (N-methyl/N-ethyl adjacent to an activating group) is 1. The summed E-state index contributed by atoms with van der Waals surface area (Å²) in [6, 6.07) is 9.66. The first-order valence-electron chi connectivity index (χ1n) is 8.02. The van der Waals surface area contributed by atoms with Crippen molar-refractivity contribution in [1.29, 1.82) is 0 Å².